The average molecular weight is 785 g/mol. The second kappa shape index (κ2) is 19.2. The second-order valence-electron chi connectivity index (χ2n) is 13.2. The Morgan fingerprint density at radius 3 is 1.62 bits per heavy atom. The van der Waals surface area contributed by atoms with Gasteiger partial charge in [-0.25, -0.2) is 8.78 Å². The molecule has 55 heavy (non-hydrogen) atoms. The number of ether oxygens (including phenoxy) is 2. The molecule has 7 rings (SSSR count). The molecule has 2 N–H and O–H groups in total. The molecule has 0 bridgehead atoms. The van der Waals surface area contributed by atoms with Crippen LogP contribution in [-0.4, -0.2) is 53.8 Å². The fraction of sp³-hybridized carbons (Fsp3) is 0.286. The number of hydrogen-bond acceptors (Lipinski definition) is 8. The number of anilines is 2. The van der Waals surface area contributed by atoms with Crippen molar-refractivity contribution in [3.8, 4) is 11.3 Å². The molecular formula is C42H42F2N4O5S2. The number of carbonyl (C=O) groups is 3. The molecule has 1 aromatic heterocycles. The molecule has 2 aliphatic heterocycles. The quantitative estimate of drug-likeness (QED) is 0.135. The Bertz CT molecular complexity index is 2130. The zero-order valence-corrected chi connectivity index (χ0v) is 32.2. The predicted octanol–water partition coefficient (Wildman–Crippen LogP) is 9.29. The molecule has 2 amide bonds. The van der Waals surface area contributed by atoms with Gasteiger partial charge in [0.2, 0.25) is 11.8 Å². The highest BCUT2D eigenvalue weighted by Gasteiger charge is 2.23. The maximum absolute atomic E-state index is 14.6. The van der Waals surface area contributed by atoms with E-state index < -0.39 is 5.82 Å². The van der Waals surface area contributed by atoms with Gasteiger partial charge < -0.3 is 20.1 Å². The smallest absolute Gasteiger partial charge is 0.227 e. The number of nitrogens with one attached hydrogen (secondary N) is 2. The third-order valence-electron chi connectivity index (χ3n) is 9.22. The van der Waals surface area contributed by atoms with Crippen molar-refractivity contribution >= 4 is 52.5 Å². The number of rotatable bonds is 10. The molecule has 286 valence electrons. The van der Waals surface area contributed by atoms with E-state index in [1.54, 1.807) is 36.1 Å². The van der Waals surface area contributed by atoms with Gasteiger partial charge in [0.05, 0.1) is 11.3 Å². The van der Waals surface area contributed by atoms with Crippen LogP contribution in [0.5, 0.6) is 0 Å². The first-order chi connectivity index (χ1) is 26.6. The molecule has 0 radical (unpaired) electrons. The van der Waals surface area contributed by atoms with Crippen molar-refractivity contribution in [3.63, 3.8) is 0 Å². The molecular weight excluding hydrogens is 743 g/mol. The first-order valence-corrected chi connectivity index (χ1v) is 19.7. The van der Waals surface area contributed by atoms with Gasteiger partial charge in [-0.15, -0.1) is 0 Å². The molecule has 0 atom stereocenters. The van der Waals surface area contributed by atoms with Crippen LogP contribution in [-0.2, 0) is 26.1 Å². The van der Waals surface area contributed by atoms with Crippen molar-refractivity contribution in [1.82, 2.24) is 9.78 Å². The minimum Gasteiger partial charge on any atom is -0.381 e. The van der Waals surface area contributed by atoms with Crippen molar-refractivity contribution < 1.29 is 32.6 Å². The Morgan fingerprint density at radius 2 is 1.16 bits per heavy atom. The molecule has 3 heterocycles. The summed E-state index contributed by atoms with van der Waals surface area (Å²) in [6.45, 7) is 3.85. The number of benzene rings is 4. The van der Waals surface area contributed by atoms with E-state index in [0.717, 1.165) is 51.8 Å². The highest BCUT2D eigenvalue weighted by Crippen LogP contribution is 2.34. The van der Waals surface area contributed by atoms with Gasteiger partial charge in [0.1, 0.15) is 11.6 Å². The van der Waals surface area contributed by atoms with E-state index in [0.29, 0.717) is 42.6 Å². The van der Waals surface area contributed by atoms with Gasteiger partial charge in [-0.1, -0.05) is 35.7 Å². The number of halogens is 2. The van der Waals surface area contributed by atoms with Crippen LogP contribution in [0.15, 0.2) is 117 Å². The van der Waals surface area contributed by atoms with Crippen LogP contribution in [0, 0.1) is 23.5 Å². The maximum Gasteiger partial charge on any atom is 0.227 e. The lowest BCUT2D eigenvalue weighted by Crippen LogP contribution is -2.28. The van der Waals surface area contributed by atoms with E-state index in [9.17, 15) is 23.2 Å². The van der Waals surface area contributed by atoms with E-state index in [1.807, 2.05) is 54.6 Å². The number of aryl methyl sites for hydroxylation is 1. The van der Waals surface area contributed by atoms with E-state index in [-0.39, 0.29) is 40.8 Å². The molecule has 2 aliphatic rings. The largest absolute Gasteiger partial charge is 0.381 e. The van der Waals surface area contributed by atoms with Crippen molar-refractivity contribution in [2.24, 2.45) is 18.9 Å². The van der Waals surface area contributed by atoms with Gasteiger partial charge >= 0.3 is 0 Å². The van der Waals surface area contributed by atoms with E-state index >= 15 is 0 Å². The first-order valence-electron chi connectivity index (χ1n) is 18.0. The summed E-state index contributed by atoms with van der Waals surface area (Å²) in [5.41, 5.74) is 2.81. The van der Waals surface area contributed by atoms with Crippen LogP contribution in [0.1, 0.15) is 43.0 Å². The van der Waals surface area contributed by atoms with Gasteiger partial charge in [-0.05, 0) is 111 Å². The van der Waals surface area contributed by atoms with Crippen molar-refractivity contribution in [2.75, 3.05) is 37.1 Å². The van der Waals surface area contributed by atoms with Crippen LogP contribution in [0.25, 0.3) is 11.3 Å². The maximum atomic E-state index is 14.6. The summed E-state index contributed by atoms with van der Waals surface area (Å²) in [6, 6.07) is 26.6. The minimum absolute atomic E-state index is 0.00583. The second-order valence-corrected chi connectivity index (χ2v) is 15.5. The predicted molar refractivity (Wildman–Crippen MR) is 210 cm³/mol. The lowest BCUT2D eigenvalue weighted by Gasteiger charge is -2.21. The highest BCUT2D eigenvalue weighted by molar-refractivity contribution is 7.99. The third kappa shape index (κ3) is 11.1. The molecule has 4 aromatic carbocycles. The summed E-state index contributed by atoms with van der Waals surface area (Å²) in [4.78, 5) is 39.4. The minimum atomic E-state index is -0.522. The standard InChI is InChI=1S/C22H22FN3O2S.C20H20FNO3S/c1-26-21(7-10-24-26)19-6-5-18(14-20(19)23)29-17-4-2-3-16(13-17)25-22(27)15-8-11-28-12-9-15;1-13(23)18-6-5-17(12-19(18)21)26-16-4-2-3-15(11-16)22-20(24)14-7-9-25-10-8-14/h2-7,10,13-15H,8-9,11-12H2,1H3,(H,25,27);2-6,11-12,14H,7-10H2,1H3,(H,22,24). The van der Waals surface area contributed by atoms with Gasteiger partial charge in [-0.3, -0.25) is 19.1 Å². The van der Waals surface area contributed by atoms with Gasteiger partial charge in [0, 0.05) is 88.0 Å². The number of amides is 2. The molecule has 9 nitrogen and oxygen atoms in total. The summed E-state index contributed by atoms with van der Waals surface area (Å²) in [5, 5.41) is 10.0. The molecule has 13 heteroatoms. The number of aromatic nitrogens is 2. The van der Waals surface area contributed by atoms with Gasteiger partial charge in [0.25, 0.3) is 0 Å². The molecule has 0 spiro atoms. The Morgan fingerprint density at radius 1 is 0.673 bits per heavy atom. The Hall–Kier alpha value is -4.82. The SMILES string of the molecule is CC(=O)c1ccc(Sc2cccc(NC(=O)C3CCOCC3)c2)cc1F.Cn1nccc1-c1ccc(Sc2cccc(NC(=O)C3CCOCC3)c2)cc1F. The molecule has 0 saturated carbocycles. The fourth-order valence-corrected chi connectivity index (χ4v) is 8.01. The lowest BCUT2D eigenvalue weighted by atomic mass is 9.99. The number of ketones is 1. The average Bonchev–Trinajstić information content (AvgIpc) is 3.61. The summed E-state index contributed by atoms with van der Waals surface area (Å²) < 4.78 is 40.8. The van der Waals surface area contributed by atoms with Crippen LogP contribution in [0.2, 0.25) is 0 Å². The summed E-state index contributed by atoms with van der Waals surface area (Å²) in [7, 11) is 1.79. The van der Waals surface area contributed by atoms with Crippen molar-refractivity contribution in [3.05, 3.63) is 114 Å². The normalized spacial score (nSPS) is 14.8. The van der Waals surface area contributed by atoms with Crippen LogP contribution in [0.3, 0.4) is 0 Å². The van der Waals surface area contributed by atoms with Crippen LogP contribution in [0.4, 0.5) is 20.2 Å². The van der Waals surface area contributed by atoms with Crippen molar-refractivity contribution in [1.29, 1.82) is 0 Å². The van der Waals surface area contributed by atoms with Gasteiger partial charge in [-0.2, -0.15) is 5.10 Å². The van der Waals surface area contributed by atoms with E-state index in [1.165, 1.54) is 48.6 Å². The summed E-state index contributed by atoms with van der Waals surface area (Å²) in [6.07, 6.45) is 4.63. The summed E-state index contributed by atoms with van der Waals surface area (Å²) >= 11 is 2.83. The Labute approximate surface area is 327 Å². The molecule has 5 aromatic rings. The van der Waals surface area contributed by atoms with Gasteiger partial charge in [0.15, 0.2) is 5.78 Å². The van der Waals surface area contributed by atoms with Crippen LogP contribution < -0.4 is 10.6 Å². The zero-order chi connectivity index (χ0) is 38.7. The number of hydrogen-bond donors (Lipinski definition) is 2. The molecule has 2 saturated heterocycles. The Kier molecular flexibility index (Phi) is 13.9. The van der Waals surface area contributed by atoms with E-state index in [2.05, 4.69) is 15.7 Å². The first kappa shape index (κ1) is 39.9. The molecule has 0 unspecified atom stereocenters. The fourth-order valence-electron chi connectivity index (χ4n) is 6.21. The van der Waals surface area contributed by atoms with E-state index in [4.69, 9.17) is 9.47 Å². The topological polar surface area (TPSA) is 112 Å². The number of carbonyl (C=O) groups excluding carboxylic acids is 3. The van der Waals surface area contributed by atoms with Crippen molar-refractivity contribution in [2.45, 2.75) is 52.2 Å². The number of nitrogens with zero attached hydrogens (tertiary/aromatic N) is 2. The third-order valence-corrected chi connectivity index (χ3v) is 11.2. The lowest BCUT2D eigenvalue weighted by molar-refractivity contribution is -0.123. The zero-order valence-electron chi connectivity index (χ0n) is 30.6. The molecule has 0 aliphatic carbocycles. The number of Topliss-reactive ketones (excluding diaryl/α,β-unsaturated/α-hetero) is 1. The Balaban J connectivity index is 0.000000188. The highest BCUT2D eigenvalue weighted by atomic mass is 32.2. The monoisotopic (exact) mass is 784 g/mol. The summed E-state index contributed by atoms with van der Waals surface area (Å²) in [5.74, 6) is -1.10. The van der Waals surface area contributed by atoms with Crippen LogP contribution >= 0.6 is 23.5 Å². The molecule has 2 fully saturated rings.